The standard InChI is InChI=1S/C13H23N3O/c1-3-16(8-10-17-9-7-14)11-13-6-4-5-12(2)15-13/h4-6H,3,7-11,14H2,1-2H3. The van der Waals surface area contributed by atoms with E-state index in [1.54, 1.807) is 0 Å². The molecule has 0 unspecified atom stereocenters. The van der Waals surface area contributed by atoms with Gasteiger partial charge in [-0.05, 0) is 25.6 Å². The van der Waals surface area contributed by atoms with Gasteiger partial charge in [0, 0.05) is 25.3 Å². The van der Waals surface area contributed by atoms with Crippen molar-refractivity contribution in [2.24, 2.45) is 5.73 Å². The molecule has 1 aromatic heterocycles. The summed E-state index contributed by atoms with van der Waals surface area (Å²) in [6.45, 7) is 8.93. The number of rotatable bonds is 8. The molecular weight excluding hydrogens is 214 g/mol. The first-order valence-corrected chi connectivity index (χ1v) is 6.19. The molecule has 0 atom stereocenters. The van der Waals surface area contributed by atoms with Crippen molar-refractivity contribution >= 4 is 0 Å². The van der Waals surface area contributed by atoms with Crippen molar-refractivity contribution < 1.29 is 4.74 Å². The Morgan fingerprint density at radius 2 is 2.18 bits per heavy atom. The summed E-state index contributed by atoms with van der Waals surface area (Å²) in [5.74, 6) is 0. The molecule has 0 radical (unpaired) electrons. The van der Waals surface area contributed by atoms with E-state index in [1.165, 1.54) is 0 Å². The molecule has 1 rings (SSSR count). The smallest absolute Gasteiger partial charge is 0.0594 e. The molecule has 1 aromatic rings. The molecule has 17 heavy (non-hydrogen) atoms. The molecule has 4 nitrogen and oxygen atoms in total. The summed E-state index contributed by atoms with van der Waals surface area (Å²) in [7, 11) is 0. The van der Waals surface area contributed by atoms with Gasteiger partial charge in [0.15, 0.2) is 0 Å². The molecule has 0 bridgehead atoms. The molecule has 0 spiro atoms. The maximum Gasteiger partial charge on any atom is 0.0594 e. The van der Waals surface area contributed by atoms with E-state index >= 15 is 0 Å². The number of nitrogens with two attached hydrogens (primary N) is 1. The van der Waals surface area contributed by atoms with Crippen molar-refractivity contribution in [2.75, 3.05) is 32.8 Å². The van der Waals surface area contributed by atoms with Gasteiger partial charge in [0.1, 0.15) is 0 Å². The zero-order valence-corrected chi connectivity index (χ0v) is 10.9. The number of aromatic nitrogens is 1. The monoisotopic (exact) mass is 237 g/mol. The van der Waals surface area contributed by atoms with Crippen LogP contribution in [0.1, 0.15) is 18.3 Å². The highest BCUT2D eigenvalue weighted by atomic mass is 16.5. The molecular formula is C13H23N3O. The van der Waals surface area contributed by atoms with Gasteiger partial charge in [-0.25, -0.2) is 0 Å². The van der Waals surface area contributed by atoms with Crippen LogP contribution in [0.2, 0.25) is 0 Å². The summed E-state index contributed by atoms with van der Waals surface area (Å²) in [6.07, 6.45) is 0. The fraction of sp³-hybridized carbons (Fsp3) is 0.615. The third-order valence-corrected chi connectivity index (χ3v) is 2.59. The molecule has 4 heteroatoms. The Morgan fingerprint density at radius 1 is 1.35 bits per heavy atom. The Balaban J connectivity index is 2.35. The lowest BCUT2D eigenvalue weighted by atomic mass is 10.3. The highest BCUT2D eigenvalue weighted by Crippen LogP contribution is 2.03. The number of pyridine rings is 1. The van der Waals surface area contributed by atoms with Crippen molar-refractivity contribution in [3.63, 3.8) is 0 Å². The second kappa shape index (κ2) is 8.17. The van der Waals surface area contributed by atoms with E-state index in [-0.39, 0.29) is 0 Å². The lowest BCUT2D eigenvalue weighted by Gasteiger charge is -2.19. The van der Waals surface area contributed by atoms with E-state index < -0.39 is 0 Å². The highest BCUT2D eigenvalue weighted by Gasteiger charge is 2.04. The van der Waals surface area contributed by atoms with Crippen LogP contribution in [0.5, 0.6) is 0 Å². The Labute approximate surface area is 104 Å². The number of aryl methyl sites for hydroxylation is 1. The highest BCUT2D eigenvalue weighted by molar-refractivity contribution is 5.09. The van der Waals surface area contributed by atoms with Gasteiger partial charge < -0.3 is 10.5 Å². The van der Waals surface area contributed by atoms with E-state index in [4.69, 9.17) is 10.5 Å². The summed E-state index contributed by atoms with van der Waals surface area (Å²) in [5.41, 5.74) is 7.55. The molecule has 0 aromatic carbocycles. The van der Waals surface area contributed by atoms with E-state index in [2.05, 4.69) is 28.9 Å². The Bertz CT molecular complexity index is 317. The summed E-state index contributed by atoms with van der Waals surface area (Å²) in [4.78, 5) is 6.82. The summed E-state index contributed by atoms with van der Waals surface area (Å²) < 4.78 is 5.39. The van der Waals surface area contributed by atoms with Gasteiger partial charge in [-0.15, -0.1) is 0 Å². The molecule has 0 fully saturated rings. The third-order valence-electron chi connectivity index (χ3n) is 2.59. The van der Waals surface area contributed by atoms with Crippen LogP contribution in [-0.4, -0.2) is 42.7 Å². The van der Waals surface area contributed by atoms with E-state index in [9.17, 15) is 0 Å². The van der Waals surface area contributed by atoms with Crippen molar-refractivity contribution in [3.8, 4) is 0 Å². The Hall–Kier alpha value is -0.970. The normalized spacial score (nSPS) is 11.1. The van der Waals surface area contributed by atoms with Crippen LogP contribution in [0, 0.1) is 6.92 Å². The van der Waals surface area contributed by atoms with Crippen LogP contribution in [-0.2, 0) is 11.3 Å². The lowest BCUT2D eigenvalue weighted by Crippen LogP contribution is -2.28. The molecule has 0 aliphatic rings. The summed E-state index contributed by atoms with van der Waals surface area (Å²) in [6, 6.07) is 6.14. The number of hydrogen-bond donors (Lipinski definition) is 1. The number of likely N-dealkylation sites (N-methyl/N-ethyl adjacent to an activating group) is 1. The van der Waals surface area contributed by atoms with E-state index in [0.717, 1.165) is 37.6 Å². The van der Waals surface area contributed by atoms with E-state index in [0.29, 0.717) is 13.2 Å². The maximum absolute atomic E-state index is 5.39. The molecule has 2 N–H and O–H groups in total. The van der Waals surface area contributed by atoms with Gasteiger partial charge in [0.05, 0.1) is 18.9 Å². The molecule has 0 saturated carbocycles. The van der Waals surface area contributed by atoms with Crippen molar-refractivity contribution in [2.45, 2.75) is 20.4 Å². The van der Waals surface area contributed by atoms with Crippen molar-refractivity contribution in [1.82, 2.24) is 9.88 Å². The van der Waals surface area contributed by atoms with Crippen LogP contribution in [0.3, 0.4) is 0 Å². The van der Waals surface area contributed by atoms with Crippen LogP contribution in [0.25, 0.3) is 0 Å². The molecule has 0 aliphatic heterocycles. The fourth-order valence-electron chi connectivity index (χ4n) is 1.64. The zero-order chi connectivity index (χ0) is 12.5. The Morgan fingerprint density at radius 3 is 2.82 bits per heavy atom. The van der Waals surface area contributed by atoms with E-state index in [1.807, 2.05) is 13.0 Å². The number of hydrogen-bond acceptors (Lipinski definition) is 4. The van der Waals surface area contributed by atoms with Crippen molar-refractivity contribution in [3.05, 3.63) is 29.6 Å². The van der Waals surface area contributed by atoms with Crippen LogP contribution in [0.15, 0.2) is 18.2 Å². The summed E-state index contributed by atoms with van der Waals surface area (Å²) >= 11 is 0. The van der Waals surface area contributed by atoms with Gasteiger partial charge in [-0.2, -0.15) is 0 Å². The zero-order valence-electron chi connectivity index (χ0n) is 10.9. The molecule has 0 saturated heterocycles. The second-order valence-electron chi connectivity index (χ2n) is 4.04. The molecule has 96 valence electrons. The molecule has 1 heterocycles. The minimum absolute atomic E-state index is 0.589. The number of ether oxygens (including phenoxy) is 1. The first-order valence-electron chi connectivity index (χ1n) is 6.19. The topological polar surface area (TPSA) is 51.4 Å². The SMILES string of the molecule is CCN(CCOCCN)Cc1cccc(C)n1. The fourth-order valence-corrected chi connectivity index (χ4v) is 1.64. The van der Waals surface area contributed by atoms with Crippen LogP contribution >= 0.6 is 0 Å². The van der Waals surface area contributed by atoms with Gasteiger partial charge >= 0.3 is 0 Å². The van der Waals surface area contributed by atoms with Gasteiger partial charge in [-0.1, -0.05) is 13.0 Å². The Kier molecular flexibility index (Phi) is 6.77. The van der Waals surface area contributed by atoms with Crippen LogP contribution < -0.4 is 5.73 Å². The largest absolute Gasteiger partial charge is 0.379 e. The average molecular weight is 237 g/mol. The average Bonchev–Trinajstić information content (AvgIpc) is 2.33. The predicted molar refractivity (Wildman–Crippen MR) is 69.8 cm³/mol. The predicted octanol–water partition coefficient (Wildman–Crippen LogP) is 1.19. The van der Waals surface area contributed by atoms with Gasteiger partial charge in [-0.3, -0.25) is 9.88 Å². The quantitative estimate of drug-likeness (QED) is 0.690. The first kappa shape index (κ1) is 14.1. The third kappa shape index (κ3) is 5.77. The van der Waals surface area contributed by atoms with Gasteiger partial charge in [0.25, 0.3) is 0 Å². The summed E-state index contributed by atoms with van der Waals surface area (Å²) in [5, 5.41) is 0. The minimum Gasteiger partial charge on any atom is -0.379 e. The first-order chi connectivity index (χ1) is 8.26. The maximum atomic E-state index is 5.39. The second-order valence-corrected chi connectivity index (χ2v) is 4.04. The molecule has 0 amide bonds. The van der Waals surface area contributed by atoms with Crippen molar-refractivity contribution in [1.29, 1.82) is 0 Å². The minimum atomic E-state index is 0.589. The number of nitrogens with zero attached hydrogens (tertiary/aromatic N) is 2. The molecule has 0 aliphatic carbocycles. The van der Waals surface area contributed by atoms with Crippen LogP contribution in [0.4, 0.5) is 0 Å². The van der Waals surface area contributed by atoms with Gasteiger partial charge in [0.2, 0.25) is 0 Å². The lowest BCUT2D eigenvalue weighted by molar-refractivity contribution is 0.108.